The second-order valence-electron chi connectivity index (χ2n) is 6.17. The summed E-state index contributed by atoms with van der Waals surface area (Å²) in [5, 5.41) is 0. The average Bonchev–Trinajstić information content (AvgIpc) is 2.89. The highest BCUT2D eigenvalue weighted by molar-refractivity contribution is 5.75. The minimum absolute atomic E-state index is 0.0749. The van der Waals surface area contributed by atoms with Gasteiger partial charge in [0.2, 0.25) is 5.91 Å². The van der Waals surface area contributed by atoms with Crippen LogP contribution in [0.1, 0.15) is 45.8 Å². The quantitative estimate of drug-likeness (QED) is 0.831. The van der Waals surface area contributed by atoms with Crippen molar-refractivity contribution in [3.05, 3.63) is 24.2 Å². The molecule has 112 valence electrons. The number of furan rings is 1. The average molecular weight is 279 g/mol. The number of hydrogen-bond donors (Lipinski definition) is 0. The van der Waals surface area contributed by atoms with Crippen molar-refractivity contribution in [1.82, 2.24) is 4.90 Å². The predicted octanol–water partition coefficient (Wildman–Crippen LogP) is 3.22. The van der Waals surface area contributed by atoms with E-state index < -0.39 is 0 Å². The zero-order valence-electron chi connectivity index (χ0n) is 12.7. The van der Waals surface area contributed by atoms with Gasteiger partial charge >= 0.3 is 0 Å². The van der Waals surface area contributed by atoms with Crippen LogP contribution in [0, 0.1) is 5.92 Å². The smallest absolute Gasteiger partial charge is 0.222 e. The molecular formula is C16H25NO3. The van der Waals surface area contributed by atoms with Crippen LogP contribution < -0.4 is 0 Å². The standard InChI is InChI=1S/C16H25NO3/c1-4-15(18)17(12-14-6-5-8-19-14)11-13-7-9-20-16(2,3)10-13/h5-6,8,13H,4,7,9-12H2,1-3H3/t13-/m1/s1. The zero-order chi connectivity index (χ0) is 14.6. The van der Waals surface area contributed by atoms with Gasteiger partial charge in [0.15, 0.2) is 0 Å². The Balaban J connectivity index is 1.98. The topological polar surface area (TPSA) is 42.7 Å². The minimum atomic E-state index is -0.0749. The first-order valence-electron chi connectivity index (χ1n) is 7.44. The molecule has 20 heavy (non-hydrogen) atoms. The lowest BCUT2D eigenvalue weighted by Gasteiger charge is -2.37. The van der Waals surface area contributed by atoms with Crippen molar-refractivity contribution in [3.8, 4) is 0 Å². The van der Waals surface area contributed by atoms with Gasteiger partial charge in [0.25, 0.3) is 0 Å². The van der Waals surface area contributed by atoms with Gasteiger partial charge in [0.05, 0.1) is 18.4 Å². The van der Waals surface area contributed by atoms with Gasteiger partial charge in [0, 0.05) is 19.6 Å². The van der Waals surface area contributed by atoms with Gasteiger partial charge in [-0.2, -0.15) is 0 Å². The summed E-state index contributed by atoms with van der Waals surface area (Å²) in [7, 11) is 0. The second-order valence-corrected chi connectivity index (χ2v) is 6.17. The SMILES string of the molecule is CCC(=O)N(Cc1ccco1)C[C@@H]1CCOC(C)(C)C1. The van der Waals surface area contributed by atoms with Gasteiger partial charge in [-0.1, -0.05) is 6.92 Å². The van der Waals surface area contributed by atoms with Gasteiger partial charge < -0.3 is 14.1 Å². The maximum absolute atomic E-state index is 12.1. The number of nitrogens with zero attached hydrogens (tertiary/aromatic N) is 1. The van der Waals surface area contributed by atoms with E-state index in [0.29, 0.717) is 18.9 Å². The molecule has 0 spiro atoms. The number of hydrogen-bond acceptors (Lipinski definition) is 3. The monoisotopic (exact) mass is 279 g/mol. The summed E-state index contributed by atoms with van der Waals surface area (Å²) in [5.41, 5.74) is -0.0749. The fraction of sp³-hybridized carbons (Fsp3) is 0.688. The molecule has 1 fully saturated rings. The highest BCUT2D eigenvalue weighted by Gasteiger charge is 2.30. The molecule has 1 aromatic heterocycles. The van der Waals surface area contributed by atoms with Crippen molar-refractivity contribution < 1.29 is 13.9 Å². The van der Waals surface area contributed by atoms with Crippen LogP contribution in [0.25, 0.3) is 0 Å². The Hall–Kier alpha value is -1.29. The Morgan fingerprint density at radius 1 is 1.50 bits per heavy atom. The van der Waals surface area contributed by atoms with Gasteiger partial charge in [-0.25, -0.2) is 0 Å². The summed E-state index contributed by atoms with van der Waals surface area (Å²) in [6, 6.07) is 3.78. The molecular weight excluding hydrogens is 254 g/mol. The normalized spacial score (nSPS) is 21.6. The lowest BCUT2D eigenvalue weighted by molar-refractivity contribution is -0.134. The zero-order valence-corrected chi connectivity index (χ0v) is 12.7. The molecule has 0 aliphatic carbocycles. The van der Waals surface area contributed by atoms with E-state index >= 15 is 0 Å². The Bertz CT molecular complexity index is 425. The van der Waals surface area contributed by atoms with Gasteiger partial charge in [-0.05, 0) is 44.7 Å². The molecule has 1 atom stereocenters. The maximum atomic E-state index is 12.1. The number of amides is 1. The summed E-state index contributed by atoms with van der Waals surface area (Å²) in [4.78, 5) is 14.0. The molecule has 0 saturated carbocycles. The van der Waals surface area contributed by atoms with Crippen LogP contribution in [-0.2, 0) is 16.1 Å². The van der Waals surface area contributed by atoms with E-state index in [-0.39, 0.29) is 11.5 Å². The molecule has 2 heterocycles. The van der Waals surface area contributed by atoms with Crippen LogP contribution in [-0.4, -0.2) is 29.6 Å². The van der Waals surface area contributed by atoms with E-state index in [2.05, 4.69) is 13.8 Å². The molecule has 0 N–H and O–H groups in total. The van der Waals surface area contributed by atoms with Crippen molar-refractivity contribution in [2.24, 2.45) is 5.92 Å². The molecule has 0 radical (unpaired) electrons. The van der Waals surface area contributed by atoms with Crippen molar-refractivity contribution >= 4 is 5.91 Å². The first-order valence-corrected chi connectivity index (χ1v) is 7.44. The summed E-state index contributed by atoms with van der Waals surface area (Å²) in [6.07, 6.45) is 4.21. The molecule has 4 nitrogen and oxygen atoms in total. The fourth-order valence-electron chi connectivity index (χ4n) is 2.89. The first kappa shape index (κ1) is 15.1. The second kappa shape index (κ2) is 6.44. The Morgan fingerprint density at radius 2 is 2.30 bits per heavy atom. The number of carbonyl (C=O) groups excluding carboxylic acids is 1. The van der Waals surface area contributed by atoms with Crippen molar-refractivity contribution in [3.63, 3.8) is 0 Å². The van der Waals surface area contributed by atoms with Crippen LogP contribution in [0.5, 0.6) is 0 Å². The highest BCUT2D eigenvalue weighted by atomic mass is 16.5. The number of rotatable bonds is 5. The lowest BCUT2D eigenvalue weighted by Crippen LogP contribution is -2.41. The highest BCUT2D eigenvalue weighted by Crippen LogP contribution is 2.29. The molecule has 1 aliphatic heterocycles. The minimum Gasteiger partial charge on any atom is -0.467 e. The summed E-state index contributed by atoms with van der Waals surface area (Å²) in [6.45, 7) is 8.30. The van der Waals surface area contributed by atoms with Crippen LogP contribution in [0.2, 0.25) is 0 Å². The maximum Gasteiger partial charge on any atom is 0.222 e. The molecule has 2 rings (SSSR count). The molecule has 1 amide bonds. The van der Waals surface area contributed by atoms with E-state index in [1.165, 1.54) is 0 Å². The van der Waals surface area contributed by atoms with Gasteiger partial charge in [0.1, 0.15) is 5.76 Å². The van der Waals surface area contributed by atoms with Gasteiger partial charge in [-0.15, -0.1) is 0 Å². The largest absolute Gasteiger partial charge is 0.467 e. The summed E-state index contributed by atoms with van der Waals surface area (Å²) >= 11 is 0. The lowest BCUT2D eigenvalue weighted by atomic mass is 9.88. The Morgan fingerprint density at radius 3 is 2.90 bits per heavy atom. The van der Waals surface area contributed by atoms with E-state index in [0.717, 1.165) is 31.8 Å². The third-order valence-electron chi connectivity index (χ3n) is 3.86. The van der Waals surface area contributed by atoms with Crippen LogP contribution >= 0.6 is 0 Å². The third-order valence-corrected chi connectivity index (χ3v) is 3.86. The van der Waals surface area contributed by atoms with Crippen molar-refractivity contribution in [1.29, 1.82) is 0 Å². The molecule has 1 saturated heterocycles. The van der Waals surface area contributed by atoms with Crippen molar-refractivity contribution in [2.75, 3.05) is 13.2 Å². The fourth-order valence-corrected chi connectivity index (χ4v) is 2.89. The molecule has 1 aromatic rings. The van der Waals surface area contributed by atoms with Crippen LogP contribution in [0.15, 0.2) is 22.8 Å². The van der Waals surface area contributed by atoms with E-state index in [1.54, 1.807) is 6.26 Å². The Kier molecular flexibility index (Phi) is 4.86. The Labute approximate surface area is 121 Å². The first-order chi connectivity index (χ1) is 9.50. The van der Waals surface area contributed by atoms with Crippen molar-refractivity contribution in [2.45, 2.75) is 52.2 Å². The third kappa shape index (κ3) is 4.10. The van der Waals surface area contributed by atoms with E-state index in [4.69, 9.17) is 9.15 Å². The molecule has 1 aliphatic rings. The van der Waals surface area contributed by atoms with E-state index in [9.17, 15) is 4.79 Å². The molecule has 0 aromatic carbocycles. The predicted molar refractivity (Wildman–Crippen MR) is 77.2 cm³/mol. The summed E-state index contributed by atoms with van der Waals surface area (Å²) in [5.74, 6) is 1.54. The number of ether oxygens (including phenoxy) is 1. The molecule has 4 heteroatoms. The van der Waals surface area contributed by atoms with Crippen LogP contribution in [0.3, 0.4) is 0 Å². The molecule has 0 bridgehead atoms. The summed E-state index contributed by atoms with van der Waals surface area (Å²) < 4.78 is 11.1. The van der Waals surface area contributed by atoms with E-state index in [1.807, 2.05) is 24.0 Å². The number of carbonyl (C=O) groups is 1. The molecule has 0 unspecified atom stereocenters. The van der Waals surface area contributed by atoms with Crippen LogP contribution in [0.4, 0.5) is 0 Å². The van der Waals surface area contributed by atoms with Gasteiger partial charge in [-0.3, -0.25) is 4.79 Å².